The lowest BCUT2D eigenvalue weighted by molar-refractivity contribution is 0.0699. The van der Waals surface area contributed by atoms with Crippen LogP contribution in [0.5, 0.6) is 0 Å². The lowest BCUT2D eigenvalue weighted by Crippen LogP contribution is -2.13. The maximum atomic E-state index is 12.6. The van der Waals surface area contributed by atoms with Gasteiger partial charge in [-0.25, -0.2) is 9.78 Å². The van der Waals surface area contributed by atoms with Gasteiger partial charge < -0.3 is 19.3 Å². The number of aromatic nitrogens is 1. The number of nitrogens with one attached hydrogen (secondary N) is 1. The summed E-state index contributed by atoms with van der Waals surface area (Å²) < 4.78 is 11.2. The number of hydrogen-bond donors (Lipinski definition) is 2. The van der Waals surface area contributed by atoms with Crippen molar-refractivity contribution in [1.29, 1.82) is 0 Å². The molecule has 5 rings (SSSR count). The number of carboxylic acid groups (broad SMARTS) is 1. The highest BCUT2D eigenvalue weighted by Crippen LogP contribution is 2.38. The molecule has 8 heteroatoms. The summed E-state index contributed by atoms with van der Waals surface area (Å²) >= 11 is 1.10. The molecule has 0 unspecified atom stereocenters. The molecule has 0 saturated heterocycles. The van der Waals surface area contributed by atoms with Gasteiger partial charge in [-0.05, 0) is 24.3 Å². The van der Waals surface area contributed by atoms with Crippen molar-refractivity contribution < 1.29 is 23.5 Å². The third-order valence-corrected chi connectivity index (χ3v) is 5.31. The molecule has 0 atom stereocenters. The maximum Gasteiger partial charge on any atom is 0.339 e. The summed E-state index contributed by atoms with van der Waals surface area (Å²) in [5.74, 6) is -1.51. The number of benzene rings is 2. The molecular formula is C21H12N2O5S. The van der Waals surface area contributed by atoms with Gasteiger partial charge in [0.25, 0.3) is 5.89 Å². The molecule has 2 N–H and O–H groups in total. The van der Waals surface area contributed by atoms with Gasteiger partial charge in [0.05, 0.1) is 0 Å². The molecule has 0 aliphatic heterocycles. The van der Waals surface area contributed by atoms with E-state index >= 15 is 0 Å². The van der Waals surface area contributed by atoms with Gasteiger partial charge in [-0.2, -0.15) is 0 Å². The van der Waals surface area contributed by atoms with E-state index in [0.717, 1.165) is 16.7 Å². The van der Waals surface area contributed by atoms with Gasteiger partial charge in [0.15, 0.2) is 5.58 Å². The van der Waals surface area contributed by atoms with Crippen LogP contribution < -0.4 is 5.32 Å². The van der Waals surface area contributed by atoms with Crippen molar-refractivity contribution in [3.8, 4) is 11.3 Å². The Morgan fingerprint density at radius 2 is 1.76 bits per heavy atom. The van der Waals surface area contributed by atoms with Gasteiger partial charge in [-0.3, -0.25) is 4.79 Å². The second-order valence-corrected chi connectivity index (χ2v) is 7.13. The van der Waals surface area contributed by atoms with Crippen LogP contribution in [0.3, 0.4) is 0 Å². The van der Waals surface area contributed by atoms with Crippen molar-refractivity contribution in [3.63, 3.8) is 0 Å². The number of carbonyl (C=O) groups is 2. The van der Waals surface area contributed by atoms with Crippen molar-refractivity contribution in [2.75, 3.05) is 5.32 Å². The molecule has 3 heterocycles. The molecule has 29 heavy (non-hydrogen) atoms. The van der Waals surface area contributed by atoms with E-state index in [1.807, 2.05) is 24.3 Å². The molecule has 5 aromatic rings. The Bertz CT molecular complexity index is 1330. The molecule has 7 nitrogen and oxygen atoms in total. The Kier molecular flexibility index (Phi) is 3.92. The molecule has 0 bridgehead atoms. The highest BCUT2D eigenvalue weighted by molar-refractivity contribution is 7.15. The van der Waals surface area contributed by atoms with E-state index in [1.165, 1.54) is 0 Å². The van der Waals surface area contributed by atoms with E-state index in [9.17, 15) is 14.7 Å². The van der Waals surface area contributed by atoms with Crippen molar-refractivity contribution in [2.45, 2.75) is 0 Å². The molecule has 3 aromatic heterocycles. The fourth-order valence-electron chi connectivity index (χ4n) is 3.08. The zero-order valence-electron chi connectivity index (χ0n) is 14.7. The van der Waals surface area contributed by atoms with Gasteiger partial charge in [0.2, 0.25) is 0 Å². The first-order chi connectivity index (χ1) is 14.1. The zero-order chi connectivity index (χ0) is 20.0. The van der Waals surface area contributed by atoms with Gasteiger partial charge >= 0.3 is 11.9 Å². The van der Waals surface area contributed by atoms with E-state index in [-0.39, 0.29) is 16.5 Å². The summed E-state index contributed by atoms with van der Waals surface area (Å²) in [5, 5.41) is 15.0. The smallest absolute Gasteiger partial charge is 0.339 e. The number of carboxylic acids is 1. The standard InChI is InChI=1S/C21H12N2O5S/c24-18(19-22-13-6-2-4-8-15(13)28-19)23-20-17(21(25)26)12(10-29-20)16-9-11-5-1-3-7-14(11)27-16/h1-10H,(H,23,24)(H,25,26). The molecule has 1 amide bonds. The fourth-order valence-corrected chi connectivity index (χ4v) is 4.02. The van der Waals surface area contributed by atoms with Crippen LogP contribution in [0.1, 0.15) is 21.0 Å². The number of fused-ring (bicyclic) bond motifs is 2. The van der Waals surface area contributed by atoms with Crippen LogP contribution in [0.4, 0.5) is 5.00 Å². The highest BCUT2D eigenvalue weighted by Gasteiger charge is 2.25. The summed E-state index contributed by atoms with van der Waals surface area (Å²) in [6, 6.07) is 16.2. The molecule has 0 radical (unpaired) electrons. The number of amides is 1. The number of hydrogen-bond acceptors (Lipinski definition) is 6. The number of oxazole rings is 1. The number of nitrogens with zero attached hydrogens (tertiary/aromatic N) is 1. The molecule has 0 aliphatic rings. The van der Waals surface area contributed by atoms with Gasteiger partial charge in [-0.15, -0.1) is 11.3 Å². The average Bonchev–Trinajstić information content (AvgIpc) is 3.43. The molecule has 0 saturated carbocycles. The largest absolute Gasteiger partial charge is 0.478 e. The zero-order valence-corrected chi connectivity index (χ0v) is 15.5. The topological polar surface area (TPSA) is 106 Å². The Hall–Kier alpha value is -3.91. The first kappa shape index (κ1) is 17.2. The summed E-state index contributed by atoms with van der Waals surface area (Å²) in [4.78, 5) is 28.6. The Balaban J connectivity index is 1.52. The van der Waals surface area contributed by atoms with E-state index < -0.39 is 11.9 Å². The van der Waals surface area contributed by atoms with E-state index in [1.54, 1.807) is 35.7 Å². The first-order valence-electron chi connectivity index (χ1n) is 8.61. The predicted octanol–water partition coefficient (Wildman–Crippen LogP) is 5.25. The number of anilines is 1. The lowest BCUT2D eigenvalue weighted by Gasteiger charge is -2.02. The monoisotopic (exact) mass is 404 g/mol. The Morgan fingerprint density at radius 1 is 1.00 bits per heavy atom. The molecule has 2 aromatic carbocycles. The second kappa shape index (κ2) is 6.61. The number of aromatic carboxylic acids is 1. The van der Waals surface area contributed by atoms with Crippen molar-refractivity contribution >= 4 is 50.3 Å². The van der Waals surface area contributed by atoms with Crippen molar-refractivity contribution in [1.82, 2.24) is 4.98 Å². The fraction of sp³-hybridized carbons (Fsp3) is 0. The third-order valence-electron chi connectivity index (χ3n) is 4.41. The van der Waals surface area contributed by atoms with Crippen LogP contribution in [-0.4, -0.2) is 22.0 Å². The molecule has 0 spiro atoms. The quantitative estimate of drug-likeness (QED) is 0.424. The van der Waals surface area contributed by atoms with Gasteiger partial charge in [0.1, 0.15) is 27.4 Å². The Labute approximate surface area is 167 Å². The minimum absolute atomic E-state index is 0.0430. The second-order valence-electron chi connectivity index (χ2n) is 6.25. The normalized spacial score (nSPS) is 11.2. The van der Waals surface area contributed by atoms with E-state index in [2.05, 4.69) is 10.3 Å². The average molecular weight is 404 g/mol. The van der Waals surface area contributed by atoms with Crippen LogP contribution in [-0.2, 0) is 0 Å². The van der Waals surface area contributed by atoms with Crippen LogP contribution in [0, 0.1) is 0 Å². The summed E-state index contributed by atoms with van der Waals surface area (Å²) in [6.07, 6.45) is 0. The molecular weight excluding hydrogens is 392 g/mol. The number of rotatable bonds is 4. The SMILES string of the molecule is O=C(Nc1scc(-c2cc3ccccc3o2)c1C(=O)O)c1nc2ccccc2o1. The van der Waals surface area contributed by atoms with Gasteiger partial charge in [0, 0.05) is 16.3 Å². The first-order valence-corrected chi connectivity index (χ1v) is 9.49. The van der Waals surface area contributed by atoms with Crippen molar-refractivity contribution in [2.24, 2.45) is 0 Å². The van der Waals surface area contributed by atoms with Crippen LogP contribution in [0.2, 0.25) is 0 Å². The number of carbonyl (C=O) groups excluding carboxylic acids is 1. The van der Waals surface area contributed by atoms with E-state index in [4.69, 9.17) is 8.83 Å². The summed E-state index contributed by atoms with van der Waals surface area (Å²) in [7, 11) is 0. The molecule has 142 valence electrons. The predicted molar refractivity (Wildman–Crippen MR) is 108 cm³/mol. The molecule has 0 fully saturated rings. The van der Waals surface area contributed by atoms with Crippen LogP contribution >= 0.6 is 11.3 Å². The highest BCUT2D eigenvalue weighted by atomic mass is 32.1. The lowest BCUT2D eigenvalue weighted by atomic mass is 10.1. The Morgan fingerprint density at radius 3 is 2.52 bits per heavy atom. The van der Waals surface area contributed by atoms with Gasteiger partial charge in [-0.1, -0.05) is 30.3 Å². The van der Waals surface area contributed by atoms with Crippen LogP contribution in [0.25, 0.3) is 33.4 Å². The van der Waals surface area contributed by atoms with Crippen LogP contribution in [0.15, 0.2) is 68.8 Å². The summed E-state index contributed by atoms with van der Waals surface area (Å²) in [5.41, 5.74) is 2.03. The third kappa shape index (κ3) is 2.95. The van der Waals surface area contributed by atoms with Crippen molar-refractivity contribution in [3.05, 3.63) is 71.4 Å². The minimum atomic E-state index is -1.17. The summed E-state index contributed by atoms with van der Waals surface area (Å²) in [6.45, 7) is 0. The number of furan rings is 1. The molecule has 0 aliphatic carbocycles. The van der Waals surface area contributed by atoms with E-state index in [0.29, 0.717) is 28.0 Å². The maximum absolute atomic E-state index is 12.6. The minimum Gasteiger partial charge on any atom is -0.478 e. The number of para-hydroxylation sites is 3. The number of thiophene rings is 1.